The molecule has 1 aromatic rings. The van der Waals surface area contributed by atoms with E-state index < -0.39 is 0 Å². The van der Waals surface area contributed by atoms with Crippen LogP contribution in [0.4, 0.5) is 0 Å². The Kier molecular flexibility index (Phi) is 2.51. The molecule has 0 radical (unpaired) electrons. The molecule has 0 amide bonds. The molecular formula is C6H5BrClNO. The number of pyridine rings is 1. The van der Waals surface area contributed by atoms with E-state index in [0.717, 1.165) is 4.47 Å². The van der Waals surface area contributed by atoms with E-state index in [1.54, 1.807) is 13.2 Å². The third kappa shape index (κ3) is 1.61. The smallest absolute Gasteiger partial charge is 0.227 e. The predicted molar refractivity (Wildman–Crippen MR) is 43.5 cm³/mol. The molecule has 4 heteroatoms. The van der Waals surface area contributed by atoms with Crippen molar-refractivity contribution in [2.45, 2.75) is 0 Å². The van der Waals surface area contributed by atoms with Gasteiger partial charge < -0.3 is 4.74 Å². The van der Waals surface area contributed by atoms with E-state index >= 15 is 0 Å². The third-order valence-electron chi connectivity index (χ3n) is 0.967. The van der Waals surface area contributed by atoms with Crippen LogP contribution in [0.5, 0.6) is 5.88 Å². The van der Waals surface area contributed by atoms with Crippen molar-refractivity contribution in [3.05, 3.63) is 21.8 Å². The van der Waals surface area contributed by atoms with Crippen LogP contribution in [0.1, 0.15) is 0 Å². The molecule has 0 saturated heterocycles. The number of nitrogens with zero attached hydrogens (tertiary/aromatic N) is 1. The molecule has 0 aliphatic heterocycles. The lowest BCUT2D eigenvalue weighted by atomic mass is 10.5. The van der Waals surface area contributed by atoms with Crippen molar-refractivity contribution in [1.29, 1.82) is 0 Å². The van der Waals surface area contributed by atoms with Gasteiger partial charge in [-0.15, -0.1) is 0 Å². The first-order valence-corrected chi connectivity index (χ1v) is 3.76. The maximum Gasteiger partial charge on any atom is 0.227 e. The molecule has 0 N–H and O–H groups in total. The molecule has 10 heavy (non-hydrogen) atoms. The summed E-state index contributed by atoms with van der Waals surface area (Å²) >= 11 is 8.86. The number of ether oxygens (including phenoxy) is 1. The highest BCUT2D eigenvalue weighted by Gasteiger charge is 1.99. The van der Waals surface area contributed by atoms with Gasteiger partial charge in [-0.1, -0.05) is 11.6 Å². The molecule has 2 nitrogen and oxygen atoms in total. The summed E-state index contributed by atoms with van der Waals surface area (Å²) in [6.07, 6.45) is 1.53. The van der Waals surface area contributed by atoms with Crippen LogP contribution in [0.2, 0.25) is 5.02 Å². The van der Waals surface area contributed by atoms with Crippen molar-refractivity contribution >= 4 is 27.5 Å². The average molecular weight is 222 g/mol. The topological polar surface area (TPSA) is 22.1 Å². The molecule has 0 aliphatic carbocycles. The van der Waals surface area contributed by atoms with Crippen LogP contribution in [-0.4, -0.2) is 12.1 Å². The van der Waals surface area contributed by atoms with Crippen LogP contribution in [0, 0.1) is 0 Å². The Bertz CT molecular complexity index is 241. The van der Waals surface area contributed by atoms with E-state index in [-0.39, 0.29) is 0 Å². The number of rotatable bonds is 1. The minimum absolute atomic E-state index is 0.546. The fraction of sp³-hybridized carbons (Fsp3) is 0.167. The summed E-state index contributed by atoms with van der Waals surface area (Å²) in [6, 6.07) is 1.73. The van der Waals surface area contributed by atoms with Crippen LogP contribution < -0.4 is 4.74 Å². The van der Waals surface area contributed by atoms with E-state index in [1.165, 1.54) is 6.20 Å². The second kappa shape index (κ2) is 3.21. The minimum Gasteiger partial charge on any atom is -0.480 e. The summed E-state index contributed by atoms with van der Waals surface area (Å²) in [5.41, 5.74) is 0. The molecule has 0 unspecified atom stereocenters. The van der Waals surface area contributed by atoms with Crippen molar-refractivity contribution in [1.82, 2.24) is 4.98 Å². The van der Waals surface area contributed by atoms with E-state index in [4.69, 9.17) is 16.3 Å². The Morgan fingerprint density at radius 3 is 2.90 bits per heavy atom. The van der Waals surface area contributed by atoms with Gasteiger partial charge in [0, 0.05) is 6.20 Å². The quantitative estimate of drug-likeness (QED) is 0.728. The van der Waals surface area contributed by atoms with Gasteiger partial charge in [0.1, 0.15) is 0 Å². The van der Waals surface area contributed by atoms with Crippen molar-refractivity contribution in [3.63, 3.8) is 0 Å². The molecule has 0 fully saturated rings. The molecule has 0 saturated carbocycles. The number of halogens is 2. The Morgan fingerprint density at radius 2 is 2.40 bits per heavy atom. The third-order valence-corrected chi connectivity index (χ3v) is 1.74. The molecule has 1 heterocycles. The van der Waals surface area contributed by atoms with Gasteiger partial charge in [0.25, 0.3) is 0 Å². The first-order chi connectivity index (χ1) is 4.74. The lowest BCUT2D eigenvalue weighted by Gasteiger charge is -1.99. The van der Waals surface area contributed by atoms with Gasteiger partial charge >= 0.3 is 0 Å². The van der Waals surface area contributed by atoms with Crippen LogP contribution in [-0.2, 0) is 0 Å². The van der Waals surface area contributed by atoms with Crippen molar-refractivity contribution < 1.29 is 4.74 Å². The molecule has 0 bridgehead atoms. The van der Waals surface area contributed by atoms with E-state index in [9.17, 15) is 0 Å². The van der Waals surface area contributed by atoms with Crippen LogP contribution >= 0.6 is 27.5 Å². The summed E-state index contributed by atoms with van der Waals surface area (Å²) in [6.45, 7) is 0. The lowest BCUT2D eigenvalue weighted by Crippen LogP contribution is -1.87. The Balaban J connectivity index is 3.07. The SMILES string of the molecule is COc1ncc(Cl)cc1Br. The Hall–Kier alpha value is -0.280. The normalized spacial score (nSPS) is 9.50. The molecule has 0 atom stereocenters. The van der Waals surface area contributed by atoms with Gasteiger partial charge in [-0.25, -0.2) is 4.98 Å². The van der Waals surface area contributed by atoms with Gasteiger partial charge in [0.2, 0.25) is 5.88 Å². The number of hydrogen-bond donors (Lipinski definition) is 0. The summed E-state index contributed by atoms with van der Waals surface area (Å²) in [4.78, 5) is 3.90. The summed E-state index contributed by atoms with van der Waals surface area (Å²) in [5, 5.41) is 0.590. The van der Waals surface area contributed by atoms with Gasteiger partial charge in [-0.05, 0) is 22.0 Å². The molecule has 1 aromatic heterocycles. The standard InChI is InChI=1S/C6H5BrClNO/c1-10-6-5(7)2-4(8)3-9-6/h2-3H,1H3. The highest BCUT2D eigenvalue weighted by molar-refractivity contribution is 9.10. The molecule has 0 aromatic carbocycles. The van der Waals surface area contributed by atoms with Crippen molar-refractivity contribution in [2.75, 3.05) is 7.11 Å². The molecule has 1 rings (SSSR count). The minimum atomic E-state index is 0.546. The fourth-order valence-corrected chi connectivity index (χ4v) is 1.35. The second-order valence-electron chi connectivity index (χ2n) is 1.64. The summed E-state index contributed by atoms with van der Waals surface area (Å²) < 4.78 is 5.65. The van der Waals surface area contributed by atoms with E-state index in [1.807, 2.05) is 0 Å². The molecule has 54 valence electrons. The van der Waals surface area contributed by atoms with Gasteiger partial charge in [-0.3, -0.25) is 0 Å². The van der Waals surface area contributed by atoms with Crippen LogP contribution in [0.25, 0.3) is 0 Å². The fourth-order valence-electron chi connectivity index (χ4n) is 0.552. The predicted octanol–water partition coefficient (Wildman–Crippen LogP) is 2.51. The largest absolute Gasteiger partial charge is 0.480 e. The van der Waals surface area contributed by atoms with Crippen molar-refractivity contribution in [3.8, 4) is 5.88 Å². The summed E-state index contributed by atoms with van der Waals surface area (Å²) in [7, 11) is 1.56. The van der Waals surface area contributed by atoms with E-state index in [2.05, 4.69) is 20.9 Å². The number of hydrogen-bond acceptors (Lipinski definition) is 2. The zero-order valence-corrected chi connectivity index (χ0v) is 7.61. The zero-order valence-electron chi connectivity index (χ0n) is 5.27. The molecule has 0 aliphatic rings. The van der Waals surface area contributed by atoms with Crippen LogP contribution in [0.3, 0.4) is 0 Å². The maximum atomic E-state index is 5.63. The maximum absolute atomic E-state index is 5.63. The Morgan fingerprint density at radius 1 is 1.70 bits per heavy atom. The van der Waals surface area contributed by atoms with Gasteiger partial charge in [0.15, 0.2) is 0 Å². The van der Waals surface area contributed by atoms with Gasteiger partial charge in [0.05, 0.1) is 16.6 Å². The van der Waals surface area contributed by atoms with Gasteiger partial charge in [-0.2, -0.15) is 0 Å². The van der Waals surface area contributed by atoms with Crippen LogP contribution in [0.15, 0.2) is 16.7 Å². The average Bonchev–Trinajstić information content (AvgIpc) is 1.88. The molecular weight excluding hydrogens is 217 g/mol. The second-order valence-corrected chi connectivity index (χ2v) is 2.94. The highest BCUT2D eigenvalue weighted by atomic mass is 79.9. The van der Waals surface area contributed by atoms with E-state index in [0.29, 0.717) is 10.9 Å². The highest BCUT2D eigenvalue weighted by Crippen LogP contribution is 2.24. The first-order valence-electron chi connectivity index (χ1n) is 2.59. The first kappa shape index (κ1) is 7.82. The molecule has 0 spiro atoms. The number of methoxy groups -OCH3 is 1. The monoisotopic (exact) mass is 221 g/mol. The lowest BCUT2D eigenvalue weighted by molar-refractivity contribution is 0.395. The number of aromatic nitrogens is 1. The summed E-state index contributed by atoms with van der Waals surface area (Å²) in [5.74, 6) is 0.546. The Labute approximate surface area is 72.3 Å². The van der Waals surface area contributed by atoms with Crippen molar-refractivity contribution in [2.24, 2.45) is 0 Å². The zero-order chi connectivity index (χ0) is 7.56.